The lowest BCUT2D eigenvalue weighted by atomic mass is 10.2. The molecule has 1 heterocycles. The quantitative estimate of drug-likeness (QED) is 0.779. The van der Waals surface area contributed by atoms with E-state index >= 15 is 0 Å². The van der Waals surface area contributed by atoms with Crippen molar-refractivity contribution in [3.8, 4) is 6.07 Å². The molecule has 2 aromatic rings. The smallest absolute Gasteiger partial charge is 0.313 e. The molecule has 0 unspecified atom stereocenters. The molecule has 0 radical (unpaired) electrons. The number of carboxylic acids is 1. The third kappa shape index (κ3) is 3.93. The average Bonchev–Trinajstić information content (AvgIpc) is 2.86. The normalized spacial score (nSPS) is 10.0. The SMILES string of the molecule is N#Cc1ccc(Nc2nnc(SCC(=O)O)s2)c(Br)c1. The summed E-state index contributed by atoms with van der Waals surface area (Å²) in [6.45, 7) is 0. The molecule has 0 bridgehead atoms. The van der Waals surface area contributed by atoms with Gasteiger partial charge in [-0.2, -0.15) is 5.26 Å². The average molecular weight is 371 g/mol. The molecule has 102 valence electrons. The summed E-state index contributed by atoms with van der Waals surface area (Å²) in [6, 6.07) is 7.19. The lowest BCUT2D eigenvalue weighted by Gasteiger charge is -2.04. The largest absolute Gasteiger partial charge is 0.481 e. The number of nitriles is 1. The van der Waals surface area contributed by atoms with Crippen LogP contribution < -0.4 is 5.32 Å². The number of benzene rings is 1. The van der Waals surface area contributed by atoms with Crippen LogP contribution in [-0.2, 0) is 4.79 Å². The van der Waals surface area contributed by atoms with Crippen LogP contribution in [0.25, 0.3) is 0 Å². The zero-order chi connectivity index (χ0) is 14.5. The van der Waals surface area contributed by atoms with Gasteiger partial charge in [0, 0.05) is 4.47 Å². The van der Waals surface area contributed by atoms with Gasteiger partial charge in [-0.1, -0.05) is 23.1 Å². The molecule has 1 aromatic heterocycles. The summed E-state index contributed by atoms with van der Waals surface area (Å²) >= 11 is 5.75. The number of halogens is 1. The number of rotatable bonds is 5. The van der Waals surface area contributed by atoms with Crippen molar-refractivity contribution in [2.24, 2.45) is 0 Å². The summed E-state index contributed by atoms with van der Waals surface area (Å²) in [5.74, 6) is -0.940. The van der Waals surface area contributed by atoms with E-state index in [-0.39, 0.29) is 5.75 Å². The lowest BCUT2D eigenvalue weighted by molar-refractivity contribution is -0.133. The summed E-state index contributed by atoms with van der Waals surface area (Å²) in [5.41, 5.74) is 1.31. The fraction of sp³-hybridized carbons (Fsp3) is 0.0909. The second-order valence-electron chi connectivity index (χ2n) is 3.49. The predicted molar refractivity (Wildman–Crippen MR) is 80.4 cm³/mol. The van der Waals surface area contributed by atoms with Gasteiger partial charge in [0.1, 0.15) is 0 Å². The van der Waals surface area contributed by atoms with Gasteiger partial charge in [0.2, 0.25) is 5.13 Å². The van der Waals surface area contributed by atoms with Gasteiger partial charge in [0.15, 0.2) is 4.34 Å². The number of hydrogen-bond donors (Lipinski definition) is 2. The Morgan fingerprint density at radius 3 is 3.00 bits per heavy atom. The van der Waals surface area contributed by atoms with Crippen molar-refractivity contribution in [2.75, 3.05) is 11.1 Å². The summed E-state index contributed by atoms with van der Waals surface area (Å²) in [4.78, 5) is 10.5. The Balaban J connectivity index is 2.07. The topological polar surface area (TPSA) is 98.9 Å². The van der Waals surface area contributed by atoms with Gasteiger partial charge in [0.05, 0.1) is 23.1 Å². The van der Waals surface area contributed by atoms with E-state index in [4.69, 9.17) is 10.4 Å². The van der Waals surface area contributed by atoms with Crippen LogP contribution in [0.15, 0.2) is 27.0 Å². The molecule has 0 saturated carbocycles. The van der Waals surface area contributed by atoms with E-state index in [2.05, 4.69) is 31.4 Å². The number of hydrogen-bond acceptors (Lipinski definition) is 7. The van der Waals surface area contributed by atoms with E-state index in [0.29, 0.717) is 15.0 Å². The van der Waals surface area contributed by atoms with E-state index in [1.807, 2.05) is 6.07 Å². The van der Waals surface area contributed by atoms with Crippen molar-refractivity contribution in [3.05, 3.63) is 28.2 Å². The molecule has 9 heteroatoms. The Morgan fingerprint density at radius 1 is 1.55 bits per heavy atom. The first-order valence-corrected chi connectivity index (χ1v) is 7.83. The minimum atomic E-state index is -0.894. The van der Waals surface area contributed by atoms with Crippen molar-refractivity contribution >= 4 is 55.8 Å². The van der Waals surface area contributed by atoms with E-state index in [1.165, 1.54) is 11.3 Å². The van der Waals surface area contributed by atoms with Crippen molar-refractivity contribution in [2.45, 2.75) is 4.34 Å². The van der Waals surface area contributed by atoms with Gasteiger partial charge in [0.25, 0.3) is 0 Å². The third-order valence-electron chi connectivity index (χ3n) is 2.07. The fourth-order valence-corrected chi connectivity index (χ4v) is 3.21. The molecule has 1 aromatic carbocycles. The maximum atomic E-state index is 10.5. The van der Waals surface area contributed by atoms with Crippen LogP contribution in [0.1, 0.15) is 5.56 Å². The summed E-state index contributed by atoms with van der Waals surface area (Å²) < 4.78 is 1.33. The molecule has 20 heavy (non-hydrogen) atoms. The number of anilines is 2. The molecule has 6 nitrogen and oxygen atoms in total. The molecule has 2 N–H and O–H groups in total. The second-order valence-corrected chi connectivity index (χ2v) is 6.54. The molecular weight excluding hydrogens is 364 g/mol. The molecule has 0 spiro atoms. The molecule has 2 rings (SSSR count). The maximum Gasteiger partial charge on any atom is 0.313 e. The van der Waals surface area contributed by atoms with Gasteiger partial charge in [-0.3, -0.25) is 4.79 Å². The number of carboxylic acid groups (broad SMARTS) is 1. The number of carbonyl (C=O) groups is 1. The summed E-state index contributed by atoms with van der Waals surface area (Å²) in [5, 5.41) is 28.8. The molecule has 0 amide bonds. The van der Waals surface area contributed by atoms with Crippen molar-refractivity contribution in [3.63, 3.8) is 0 Å². The third-order valence-corrected chi connectivity index (χ3v) is 4.68. The first kappa shape index (κ1) is 14.8. The number of aromatic nitrogens is 2. The van der Waals surface area contributed by atoms with Crippen molar-refractivity contribution in [1.82, 2.24) is 10.2 Å². The van der Waals surface area contributed by atoms with Crippen LogP contribution in [0.2, 0.25) is 0 Å². The van der Waals surface area contributed by atoms with E-state index in [0.717, 1.165) is 21.9 Å². The summed E-state index contributed by atoms with van der Waals surface area (Å²) in [6.07, 6.45) is 0. The predicted octanol–water partition coefficient (Wildman–Crippen LogP) is 3.09. The van der Waals surface area contributed by atoms with Gasteiger partial charge < -0.3 is 10.4 Å². The Hall–Kier alpha value is -1.63. The molecule has 0 saturated heterocycles. The van der Waals surface area contributed by atoms with Crippen molar-refractivity contribution in [1.29, 1.82) is 5.26 Å². The van der Waals surface area contributed by atoms with Crippen LogP contribution in [0.4, 0.5) is 10.8 Å². The maximum absolute atomic E-state index is 10.5. The number of aliphatic carboxylic acids is 1. The van der Waals surface area contributed by atoms with Gasteiger partial charge in [-0.15, -0.1) is 10.2 Å². The molecule has 0 aliphatic heterocycles. The molecule has 0 atom stereocenters. The second kappa shape index (κ2) is 6.69. The Bertz CT molecular complexity index is 683. The first-order chi connectivity index (χ1) is 9.58. The highest BCUT2D eigenvalue weighted by atomic mass is 79.9. The van der Waals surface area contributed by atoms with Crippen molar-refractivity contribution < 1.29 is 9.90 Å². The standard InChI is InChI=1S/C11H7BrN4O2S2/c12-7-3-6(4-13)1-2-8(7)14-10-15-16-11(20-10)19-5-9(17)18/h1-3H,5H2,(H,14,15)(H,17,18). The van der Waals surface area contributed by atoms with E-state index in [9.17, 15) is 4.79 Å². The van der Waals surface area contributed by atoms with Crippen LogP contribution in [0.5, 0.6) is 0 Å². The van der Waals surface area contributed by atoms with Crippen LogP contribution in [0, 0.1) is 11.3 Å². The zero-order valence-electron chi connectivity index (χ0n) is 9.83. The van der Waals surface area contributed by atoms with Crippen LogP contribution in [0.3, 0.4) is 0 Å². The highest BCUT2D eigenvalue weighted by Gasteiger charge is 2.09. The number of thioether (sulfide) groups is 1. The highest BCUT2D eigenvalue weighted by molar-refractivity contribution is 9.10. The Kier molecular flexibility index (Phi) is 4.94. The monoisotopic (exact) mass is 370 g/mol. The molecule has 0 fully saturated rings. The summed E-state index contributed by atoms with van der Waals surface area (Å²) in [7, 11) is 0. The molecular formula is C11H7BrN4O2S2. The number of nitrogens with zero attached hydrogens (tertiary/aromatic N) is 3. The number of nitrogens with one attached hydrogen (secondary N) is 1. The van der Waals surface area contributed by atoms with Crippen LogP contribution in [-0.4, -0.2) is 27.0 Å². The van der Waals surface area contributed by atoms with Gasteiger partial charge in [-0.05, 0) is 34.1 Å². The van der Waals surface area contributed by atoms with Gasteiger partial charge in [-0.25, -0.2) is 0 Å². The van der Waals surface area contributed by atoms with E-state index in [1.54, 1.807) is 18.2 Å². The van der Waals surface area contributed by atoms with Gasteiger partial charge >= 0.3 is 5.97 Å². The highest BCUT2D eigenvalue weighted by Crippen LogP contribution is 2.31. The molecule has 0 aliphatic carbocycles. The van der Waals surface area contributed by atoms with E-state index < -0.39 is 5.97 Å². The minimum absolute atomic E-state index is 0.0464. The first-order valence-electron chi connectivity index (χ1n) is 5.23. The fourth-order valence-electron chi connectivity index (χ4n) is 1.24. The lowest BCUT2D eigenvalue weighted by Crippen LogP contribution is -1.96. The Labute approximate surface area is 131 Å². The minimum Gasteiger partial charge on any atom is -0.481 e. The molecule has 0 aliphatic rings. The Morgan fingerprint density at radius 2 is 2.35 bits per heavy atom. The zero-order valence-corrected chi connectivity index (χ0v) is 13.0. The van der Waals surface area contributed by atoms with Crippen LogP contribution >= 0.6 is 39.0 Å².